The second-order valence-electron chi connectivity index (χ2n) is 5.05. The number of allylic oxidation sites excluding steroid dienone is 1. The minimum Gasteiger partial charge on any atom is -0.493 e. The van der Waals surface area contributed by atoms with Crippen molar-refractivity contribution in [2.45, 2.75) is 13.5 Å². The van der Waals surface area contributed by atoms with Crippen LogP contribution in [0.3, 0.4) is 0 Å². The molecule has 0 spiro atoms. The predicted molar refractivity (Wildman–Crippen MR) is 91.0 cm³/mol. The van der Waals surface area contributed by atoms with Crippen molar-refractivity contribution >= 4 is 5.57 Å². The molecule has 2 rings (SSSR count). The van der Waals surface area contributed by atoms with Crippen molar-refractivity contribution in [3.8, 4) is 17.2 Å². The third-order valence-electron chi connectivity index (χ3n) is 3.45. The molecule has 126 valence electrons. The zero-order chi connectivity index (χ0) is 17.5. The molecule has 0 aliphatic rings. The van der Waals surface area contributed by atoms with Crippen molar-refractivity contribution in [2.24, 2.45) is 0 Å². The Morgan fingerprint density at radius 2 is 1.79 bits per heavy atom. The van der Waals surface area contributed by atoms with Crippen molar-refractivity contribution in [1.82, 2.24) is 0 Å². The third-order valence-corrected chi connectivity index (χ3v) is 3.45. The van der Waals surface area contributed by atoms with Gasteiger partial charge >= 0.3 is 0 Å². The average molecular weight is 329 g/mol. The lowest BCUT2D eigenvalue weighted by molar-refractivity contribution is -0.401. The summed E-state index contributed by atoms with van der Waals surface area (Å²) in [4.78, 5) is 10.2. The van der Waals surface area contributed by atoms with Gasteiger partial charge in [0, 0.05) is 11.1 Å². The van der Waals surface area contributed by atoms with Crippen LogP contribution in [0.25, 0.3) is 5.57 Å². The molecule has 0 bridgehead atoms. The number of benzene rings is 2. The second-order valence-corrected chi connectivity index (χ2v) is 5.05. The molecule has 0 heterocycles. The molecular weight excluding hydrogens is 310 g/mol. The lowest BCUT2D eigenvalue weighted by Crippen LogP contribution is -2.02. The van der Waals surface area contributed by atoms with E-state index in [0.717, 1.165) is 11.8 Å². The Morgan fingerprint density at radius 3 is 2.38 bits per heavy atom. The van der Waals surface area contributed by atoms with Crippen LogP contribution in [-0.4, -0.2) is 19.1 Å². The highest BCUT2D eigenvalue weighted by atomic mass is 16.6. The van der Waals surface area contributed by atoms with Crippen molar-refractivity contribution in [3.05, 3.63) is 69.9 Å². The molecule has 6 nitrogen and oxygen atoms in total. The van der Waals surface area contributed by atoms with Gasteiger partial charge in [-0.3, -0.25) is 10.1 Å². The Bertz CT molecular complexity index is 741. The summed E-state index contributed by atoms with van der Waals surface area (Å²) in [6, 6.07) is 13.1. The van der Waals surface area contributed by atoms with E-state index >= 15 is 0 Å². The van der Waals surface area contributed by atoms with Crippen molar-refractivity contribution < 1.29 is 19.1 Å². The van der Waals surface area contributed by atoms with Gasteiger partial charge in [0.25, 0.3) is 0 Å². The number of hydrogen-bond donors (Lipinski definition) is 0. The van der Waals surface area contributed by atoms with E-state index in [9.17, 15) is 10.1 Å². The third kappa shape index (κ3) is 4.04. The molecule has 0 atom stereocenters. The maximum absolute atomic E-state index is 10.7. The Labute approximate surface area is 140 Å². The molecule has 0 amide bonds. The molecule has 0 aliphatic heterocycles. The molecule has 0 aromatic heterocycles. The molecular formula is C18H19NO5. The van der Waals surface area contributed by atoms with Crippen LogP contribution >= 0.6 is 0 Å². The molecule has 0 N–H and O–H groups in total. The number of nitrogens with zero attached hydrogens (tertiary/aromatic N) is 1. The molecule has 0 aliphatic carbocycles. The summed E-state index contributed by atoms with van der Waals surface area (Å²) in [7, 11) is 3.02. The minimum absolute atomic E-state index is 0.328. The number of nitro groups is 1. The summed E-state index contributed by atoms with van der Waals surface area (Å²) in [5.41, 5.74) is 2.03. The Hall–Kier alpha value is -3.02. The van der Waals surface area contributed by atoms with Gasteiger partial charge in [-0.25, -0.2) is 0 Å². The molecule has 0 radical (unpaired) electrons. The Kier molecular flexibility index (Phi) is 5.78. The van der Waals surface area contributed by atoms with Crippen LogP contribution in [0.1, 0.15) is 18.1 Å². The van der Waals surface area contributed by atoms with Gasteiger partial charge in [0.15, 0.2) is 11.5 Å². The molecule has 2 aromatic rings. The number of methoxy groups -OCH3 is 2. The highest BCUT2D eigenvalue weighted by molar-refractivity contribution is 5.73. The topological polar surface area (TPSA) is 70.8 Å². The van der Waals surface area contributed by atoms with Crippen LogP contribution in [0.2, 0.25) is 0 Å². The largest absolute Gasteiger partial charge is 0.493 e. The first kappa shape index (κ1) is 17.3. The van der Waals surface area contributed by atoms with Crippen LogP contribution in [0.4, 0.5) is 0 Å². The zero-order valence-corrected chi connectivity index (χ0v) is 13.8. The fraction of sp³-hybridized carbons (Fsp3) is 0.222. The molecule has 0 fully saturated rings. The Balaban J connectivity index is 2.41. The first-order valence-electron chi connectivity index (χ1n) is 7.30. The SMILES string of the molecule is COc1ccc(/C(C)=C/[N+](=O)[O-])c(OC)c1OCc1ccccc1. The maximum Gasteiger partial charge on any atom is 0.238 e. The molecule has 2 aromatic carbocycles. The first-order valence-corrected chi connectivity index (χ1v) is 7.30. The Morgan fingerprint density at radius 1 is 1.08 bits per heavy atom. The quantitative estimate of drug-likeness (QED) is 0.569. The first-order chi connectivity index (χ1) is 11.6. The second kappa shape index (κ2) is 8.01. The lowest BCUT2D eigenvalue weighted by Gasteiger charge is -2.17. The predicted octanol–water partition coefficient (Wildman–Crippen LogP) is 3.92. The smallest absolute Gasteiger partial charge is 0.238 e. The van der Waals surface area contributed by atoms with E-state index < -0.39 is 4.92 Å². The maximum atomic E-state index is 10.7. The van der Waals surface area contributed by atoms with Crippen LogP contribution in [0, 0.1) is 10.1 Å². The van der Waals surface area contributed by atoms with E-state index in [2.05, 4.69) is 0 Å². The number of rotatable bonds is 7. The number of ether oxygens (including phenoxy) is 3. The zero-order valence-electron chi connectivity index (χ0n) is 13.8. The van der Waals surface area contributed by atoms with Gasteiger partial charge in [0.05, 0.1) is 19.1 Å². The van der Waals surface area contributed by atoms with Crippen molar-refractivity contribution in [2.75, 3.05) is 14.2 Å². The molecule has 0 saturated carbocycles. The van der Waals surface area contributed by atoms with E-state index in [0.29, 0.717) is 35.0 Å². The monoisotopic (exact) mass is 329 g/mol. The highest BCUT2D eigenvalue weighted by Gasteiger charge is 2.19. The van der Waals surface area contributed by atoms with E-state index in [1.165, 1.54) is 14.2 Å². The summed E-state index contributed by atoms with van der Waals surface area (Å²) < 4.78 is 16.7. The summed E-state index contributed by atoms with van der Waals surface area (Å²) in [5.74, 6) is 1.32. The fourth-order valence-electron chi connectivity index (χ4n) is 2.31. The van der Waals surface area contributed by atoms with Gasteiger partial charge < -0.3 is 14.2 Å². The van der Waals surface area contributed by atoms with E-state index in [-0.39, 0.29) is 0 Å². The van der Waals surface area contributed by atoms with Crippen molar-refractivity contribution in [1.29, 1.82) is 0 Å². The highest BCUT2D eigenvalue weighted by Crippen LogP contribution is 2.42. The van der Waals surface area contributed by atoms with Crippen LogP contribution < -0.4 is 14.2 Å². The molecule has 6 heteroatoms. The summed E-state index contributed by atoms with van der Waals surface area (Å²) in [6.07, 6.45) is 0.936. The summed E-state index contributed by atoms with van der Waals surface area (Å²) in [5, 5.41) is 10.7. The van der Waals surface area contributed by atoms with Gasteiger partial charge in [0.1, 0.15) is 6.61 Å². The lowest BCUT2D eigenvalue weighted by atomic mass is 10.1. The standard InChI is InChI=1S/C18H19NO5/c1-13(11-19(20)21)15-9-10-16(22-2)18(17(15)23-3)24-12-14-7-5-4-6-8-14/h4-11H,12H2,1-3H3/b13-11+. The van der Waals surface area contributed by atoms with Gasteiger partial charge in [-0.1, -0.05) is 30.3 Å². The molecule has 0 unspecified atom stereocenters. The summed E-state index contributed by atoms with van der Waals surface area (Å²) in [6.45, 7) is 1.98. The van der Waals surface area contributed by atoms with E-state index in [1.807, 2.05) is 30.3 Å². The van der Waals surface area contributed by atoms with Gasteiger partial charge in [-0.15, -0.1) is 0 Å². The fourth-order valence-corrected chi connectivity index (χ4v) is 2.31. The summed E-state index contributed by atoms with van der Waals surface area (Å²) >= 11 is 0. The average Bonchev–Trinajstić information content (AvgIpc) is 2.59. The van der Waals surface area contributed by atoms with Gasteiger partial charge in [0.2, 0.25) is 11.9 Å². The number of hydrogen-bond acceptors (Lipinski definition) is 5. The van der Waals surface area contributed by atoms with Crippen LogP contribution in [0.15, 0.2) is 48.7 Å². The van der Waals surface area contributed by atoms with Crippen molar-refractivity contribution in [3.63, 3.8) is 0 Å². The molecule has 24 heavy (non-hydrogen) atoms. The normalized spacial score (nSPS) is 11.0. The van der Waals surface area contributed by atoms with Gasteiger partial charge in [-0.2, -0.15) is 0 Å². The minimum atomic E-state index is -0.497. The van der Waals surface area contributed by atoms with Crippen LogP contribution in [-0.2, 0) is 6.61 Å². The van der Waals surface area contributed by atoms with Gasteiger partial charge in [-0.05, 0) is 24.6 Å². The molecule has 0 saturated heterocycles. The van der Waals surface area contributed by atoms with E-state index in [4.69, 9.17) is 14.2 Å². The van der Waals surface area contributed by atoms with Crippen LogP contribution in [0.5, 0.6) is 17.2 Å². The van der Waals surface area contributed by atoms with E-state index in [1.54, 1.807) is 19.1 Å².